The highest BCUT2D eigenvalue weighted by atomic mass is 35.5. The number of hydrogen-bond donors (Lipinski definition) is 1. The molecule has 2 aromatic carbocycles. The maximum Gasteiger partial charge on any atom is 0.0703 e. The molecule has 0 aliphatic rings. The molecule has 0 aliphatic carbocycles. The van der Waals surface area contributed by atoms with Gasteiger partial charge in [0.25, 0.3) is 0 Å². The number of pyridine rings is 1. The van der Waals surface area contributed by atoms with Gasteiger partial charge < -0.3 is 5.32 Å². The third-order valence-corrected chi connectivity index (χ3v) is 3.98. The first-order valence-corrected chi connectivity index (χ1v) is 7.45. The van der Waals surface area contributed by atoms with Crippen LogP contribution in [-0.4, -0.2) is 4.98 Å². The number of nitrogens with zero attached hydrogens (tertiary/aromatic N) is 1. The Hall–Kier alpha value is -1.77. The van der Waals surface area contributed by atoms with Crippen LogP contribution < -0.4 is 5.32 Å². The molecule has 1 aromatic heterocycles. The lowest BCUT2D eigenvalue weighted by atomic mass is 10.1. The zero-order chi connectivity index (χ0) is 14.8. The maximum absolute atomic E-state index is 6.24. The van der Waals surface area contributed by atoms with Crippen molar-refractivity contribution in [1.82, 2.24) is 4.98 Å². The predicted octanol–water partition coefficient (Wildman–Crippen LogP) is 5.71. The molecule has 1 atom stereocenters. The molecule has 0 radical (unpaired) electrons. The second-order valence-electron chi connectivity index (χ2n) is 4.95. The zero-order valence-corrected chi connectivity index (χ0v) is 13.0. The van der Waals surface area contributed by atoms with Crippen LogP contribution in [0.1, 0.15) is 18.5 Å². The van der Waals surface area contributed by atoms with Crippen LogP contribution in [-0.2, 0) is 0 Å². The number of anilines is 1. The molecule has 21 heavy (non-hydrogen) atoms. The normalized spacial score (nSPS) is 12.3. The van der Waals surface area contributed by atoms with Crippen LogP contribution in [0, 0.1) is 0 Å². The Balaban J connectivity index is 1.88. The molecular weight excluding hydrogens is 303 g/mol. The lowest BCUT2D eigenvalue weighted by Gasteiger charge is -2.17. The monoisotopic (exact) mass is 316 g/mol. The van der Waals surface area contributed by atoms with Gasteiger partial charge in [-0.05, 0) is 42.8 Å². The van der Waals surface area contributed by atoms with Crippen LogP contribution in [0.4, 0.5) is 5.69 Å². The number of halogens is 2. The first-order valence-electron chi connectivity index (χ1n) is 6.70. The van der Waals surface area contributed by atoms with Gasteiger partial charge in [0.05, 0.1) is 23.4 Å². The summed E-state index contributed by atoms with van der Waals surface area (Å²) < 4.78 is 0. The molecule has 106 valence electrons. The molecule has 1 unspecified atom stereocenters. The Morgan fingerprint density at radius 2 is 1.86 bits per heavy atom. The Labute approximate surface area is 133 Å². The predicted molar refractivity (Wildman–Crippen MR) is 90.2 cm³/mol. The van der Waals surface area contributed by atoms with E-state index in [9.17, 15) is 0 Å². The van der Waals surface area contributed by atoms with E-state index in [1.807, 2.05) is 49.5 Å². The van der Waals surface area contributed by atoms with Gasteiger partial charge in [-0.1, -0.05) is 41.4 Å². The van der Waals surface area contributed by atoms with Crippen molar-refractivity contribution in [3.8, 4) is 0 Å². The second-order valence-corrected chi connectivity index (χ2v) is 5.79. The third kappa shape index (κ3) is 3.12. The number of para-hydroxylation sites is 1. The van der Waals surface area contributed by atoms with E-state index in [0.717, 1.165) is 22.2 Å². The first kappa shape index (κ1) is 14.2. The van der Waals surface area contributed by atoms with Gasteiger partial charge in [-0.2, -0.15) is 0 Å². The molecule has 0 bridgehead atoms. The summed E-state index contributed by atoms with van der Waals surface area (Å²) in [5.41, 5.74) is 2.91. The van der Waals surface area contributed by atoms with E-state index in [4.69, 9.17) is 23.2 Å². The smallest absolute Gasteiger partial charge is 0.0703 e. The summed E-state index contributed by atoms with van der Waals surface area (Å²) in [6.45, 7) is 2.05. The third-order valence-electron chi connectivity index (χ3n) is 3.40. The van der Waals surface area contributed by atoms with Gasteiger partial charge in [-0.25, -0.2) is 0 Å². The number of aromatic nitrogens is 1. The highest BCUT2D eigenvalue weighted by Crippen LogP contribution is 2.29. The molecule has 3 rings (SSSR count). The Bertz CT molecular complexity index is 787. The van der Waals surface area contributed by atoms with Crippen molar-refractivity contribution in [2.75, 3.05) is 5.32 Å². The minimum atomic E-state index is 0.0409. The van der Waals surface area contributed by atoms with E-state index >= 15 is 0 Å². The summed E-state index contributed by atoms with van der Waals surface area (Å²) in [7, 11) is 0. The van der Waals surface area contributed by atoms with Gasteiger partial charge in [0.2, 0.25) is 0 Å². The minimum Gasteiger partial charge on any atom is -0.377 e. The molecule has 0 aliphatic heterocycles. The Morgan fingerprint density at radius 3 is 2.71 bits per heavy atom. The Kier molecular flexibility index (Phi) is 4.00. The van der Waals surface area contributed by atoms with Crippen molar-refractivity contribution in [3.63, 3.8) is 0 Å². The second kappa shape index (κ2) is 5.92. The standard InChI is InChI=1S/C17H14Cl2N2/c1-11(15-9-13(18)6-7-16(15)19)21-14-8-12-4-2-3-5-17(12)20-10-14/h2-11,21H,1H3. The van der Waals surface area contributed by atoms with Crippen molar-refractivity contribution < 1.29 is 0 Å². The van der Waals surface area contributed by atoms with E-state index in [1.54, 1.807) is 6.07 Å². The van der Waals surface area contributed by atoms with E-state index in [1.165, 1.54) is 0 Å². The first-order chi connectivity index (χ1) is 10.1. The van der Waals surface area contributed by atoms with Gasteiger partial charge in [0, 0.05) is 15.4 Å². The molecule has 1 N–H and O–H groups in total. The summed E-state index contributed by atoms with van der Waals surface area (Å²) in [5.74, 6) is 0. The molecular formula is C17H14Cl2N2. The molecule has 0 spiro atoms. The van der Waals surface area contributed by atoms with Gasteiger partial charge in [0.1, 0.15) is 0 Å². The average molecular weight is 317 g/mol. The topological polar surface area (TPSA) is 24.9 Å². The zero-order valence-electron chi connectivity index (χ0n) is 11.5. The summed E-state index contributed by atoms with van der Waals surface area (Å²) in [6.07, 6.45) is 1.83. The number of rotatable bonds is 3. The van der Waals surface area contributed by atoms with E-state index in [-0.39, 0.29) is 6.04 Å². The summed E-state index contributed by atoms with van der Waals surface area (Å²) >= 11 is 12.3. The highest BCUT2D eigenvalue weighted by molar-refractivity contribution is 6.33. The average Bonchev–Trinajstić information content (AvgIpc) is 2.49. The fourth-order valence-electron chi connectivity index (χ4n) is 2.32. The summed E-state index contributed by atoms with van der Waals surface area (Å²) in [6, 6.07) is 15.6. The lowest BCUT2D eigenvalue weighted by molar-refractivity contribution is 0.884. The highest BCUT2D eigenvalue weighted by Gasteiger charge is 2.10. The SMILES string of the molecule is CC(Nc1cnc2ccccc2c1)c1cc(Cl)ccc1Cl. The largest absolute Gasteiger partial charge is 0.377 e. The molecule has 0 saturated carbocycles. The Morgan fingerprint density at radius 1 is 1.05 bits per heavy atom. The van der Waals surface area contributed by atoms with Crippen molar-refractivity contribution in [1.29, 1.82) is 0 Å². The molecule has 0 fully saturated rings. The number of nitrogens with one attached hydrogen (secondary N) is 1. The molecule has 4 heteroatoms. The van der Waals surface area contributed by atoms with Gasteiger partial charge >= 0.3 is 0 Å². The van der Waals surface area contributed by atoms with Crippen molar-refractivity contribution >= 4 is 39.8 Å². The lowest BCUT2D eigenvalue weighted by Crippen LogP contribution is -2.07. The fraction of sp³-hybridized carbons (Fsp3) is 0.118. The quantitative estimate of drug-likeness (QED) is 0.669. The fourth-order valence-corrected chi connectivity index (χ4v) is 2.79. The van der Waals surface area contributed by atoms with Crippen molar-refractivity contribution in [2.24, 2.45) is 0 Å². The molecule has 0 saturated heterocycles. The van der Waals surface area contributed by atoms with Crippen LogP contribution in [0.15, 0.2) is 54.7 Å². The van der Waals surface area contributed by atoms with Crippen LogP contribution in [0.25, 0.3) is 10.9 Å². The van der Waals surface area contributed by atoms with Crippen LogP contribution >= 0.6 is 23.2 Å². The van der Waals surface area contributed by atoms with Crippen molar-refractivity contribution in [2.45, 2.75) is 13.0 Å². The van der Waals surface area contributed by atoms with Gasteiger partial charge in [-0.3, -0.25) is 4.98 Å². The van der Waals surface area contributed by atoms with E-state index < -0.39 is 0 Å². The number of benzene rings is 2. The summed E-state index contributed by atoms with van der Waals surface area (Å²) in [4.78, 5) is 4.45. The van der Waals surface area contributed by atoms with E-state index in [2.05, 4.69) is 16.4 Å². The van der Waals surface area contributed by atoms with Gasteiger partial charge in [-0.15, -0.1) is 0 Å². The number of hydrogen-bond acceptors (Lipinski definition) is 2. The van der Waals surface area contributed by atoms with Crippen LogP contribution in [0.3, 0.4) is 0 Å². The summed E-state index contributed by atoms with van der Waals surface area (Å²) in [5, 5.41) is 5.90. The molecule has 1 heterocycles. The van der Waals surface area contributed by atoms with Crippen LogP contribution in [0.2, 0.25) is 10.0 Å². The number of fused-ring (bicyclic) bond motifs is 1. The maximum atomic E-state index is 6.24. The molecule has 3 aromatic rings. The molecule has 2 nitrogen and oxygen atoms in total. The van der Waals surface area contributed by atoms with E-state index in [0.29, 0.717) is 10.0 Å². The minimum absolute atomic E-state index is 0.0409. The molecule has 0 amide bonds. The van der Waals surface area contributed by atoms with Crippen LogP contribution in [0.5, 0.6) is 0 Å². The van der Waals surface area contributed by atoms with Crippen molar-refractivity contribution in [3.05, 3.63) is 70.3 Å². The van der Waals surface area contributed by atoms with Gasteiger partial charge in [0.15, 0.2) is 0 Å².